The number of carbonyl (C=O) groups excluding carboxylic acids is 1. The van der Waals surface area contributed by atoms with Gasteiger partial charge < -0.3 is 15.2 Å². The zero-order chi connectivity index (χ0) is 18.9. The summed E-state index contributed by atoms with van der Waals surface area (Å²) in [5.74, 6) is -0.785. The number of carboxylic acid groups (broad SMARTS) is 1. The summed E-state index contributed by atoms with van der Waals surface area (Å²) in [7, 11) is 0. The monoisotopic (exact) mass is 419 g/mol. The van der Waals surface area contributed by atoms with Crippen LogP contribution in [0.3, 0.4) is 0 Å². The molecule has 2 rings (SSSR count). The summed E-state index contributed by atoms with van der Waals surface area (Å²) in [5.41, 5.74) is 0.722. The molecule has 138 valence electrons. The molecule has 26 heavy (non-hydrogen) atoms. The van der Waals surface area contributed by atoms with Crippen molar-refractivity contribution in [2.24, 2.45) is 0 Å². The number of para-hydroxylation sites is 1. The highest BCUT2D eigenvalue weighted by atomic mass is 79.9. The van der Waals surface area contributed by atoms with Gasteiger partial charge >= 0.3 is 5.97 Å². The summed E-state index contributed by atoms with van der Waals surface area (Å²) in [4.78, 5) is 23.6. The van der Waals surface area contributed by atoms with Crippen LogP contribution in [0.15, 0.2) is 46.9 Å². The number of hydrogen-bond acceptors (Lipinski definition) is 3. The number of carboxylic acids is 1. The molecule has 0 heterocycles. The summed E-state index contributed by atoms with van der Waals surface area (Å²) < 4.78 is 6.42. The van der Waals surface area contributed by atoms with E-state index in [4.69, 9.17) is 4.74 Å². The lowest BCUT2D eigenvalue weighted by Crippen LogP contribution is -2.14. The molecule has 2 N–H and O–H groups in total. The van der Waals surface area contributed by atoms with Gasteiger partial charge in [-0.05, 0) is 52.7 Å². The van der Waals surface area contributed by atoms with Crippen LogP contribution in [-0.4, -0.2) is 23.6 Å². The topological polar surface area (TPSA) is 75.6 Å². The molecule has 5 nitrogen and oxygen atoms in total. The van der Waals surface area contributed by atoms with Gasteiger partial charge in [-0.15, -0.1) is 0 Å². The van der Waals surface area contributed by atoms with Gasteiger partial charge in [0, 0.05) is 5.56 Å². The molecule has 0 aliphatic heterocycles. The molecule has 0 fully saturated rings. The number of ether oxygens (including phenoxy) is 1. The van der Waals surface area contributed by atoms with Gasteiger partial charge in [-0.25, -0.2) is 4.79 Å². The molecule has 6 heteroatoms. The van der Waals surface area contributed by atoms with Crippen LogP contribution in [0.25, 0.3) is 0 Å². The number of anilines is 1. The third-order valence-corrected chi connectivity index (χ3v) is 4.47. The molecule has 0 saturated heterocycles. The van der Waals surface area contributed by atoms with Gasteiger partial charge in [0.05, 0.1) is 22.3 Å². The Morgan fingerprint density at radius 2 is 1.88 bits per heavy atom. The van der Waals surface area contributed by atoms with E-state index >= 15 is 0 Å². The van der Waals surface area contributed by atoms with E-state index in [0.717, 1.165) is 12.8 Å². The first-order valence-electron chi connectivity index (χ1n) is 8.59. The Labute approximate surface area is 161 Å². The molecule has 0 spiro atoms. The lowest BCUT2D eigenvalue weighted by molar-refractivity contribution is 0.0698. The van der Waals surface area contributed by atoms with Crippen molar-refractivity contribution < 1.29 is 19.4 Å². The second-order valence-electron chi connectivity index (χ2n) is 5.86. The van der Waals surface area contributed by atoms with E-state index < -0.39 is 5.97 Å². The van der Waals surface area contributed by atoms with Crippen molar-refractivity contribution in [2.45, 2.75) is 32.6 Å². The summed E-state index contributed by atoms with van der Waals surface area (Å²) in [5, 5.41) is 11.8. The average Bonchev–Trinajstić information content (AvgIpc) is 2.63. The second kappa shape index (κ2) is 9.97. The van der Waals surface area contributed by atoms with Crippen LogP contribution in [-0.2, 0) is 0 Å². The van der Waals surface area contributed by atoms with Crippen LogP contribution in [0, 0.1) is 0 Å². The molecule has 0 radical (unpaired) electrons. The van der Waals surface area contributed by atoms with Gasteiger partial charge in [0.15, 0.2) is 0 Å². The number of benzene rings is 2. The fourth-order valence-corrected chi connectivity index (χ4v) is 2.94. The first-order valence-corrected chi connectivity index (χ1v) is 9.38. The molecule has 0 atom stereocenters. The summed E-state index contributed by atoms with van der Waals surface area (Å²) in [6.45, 7) is 2.80. The van der Waals surface area contributed by atoms with Crippen LogP contribution >= 0.6 is 15.9 Å². The Bertz CT molecular complexity index is 776. The smallest absolute Gasteiger partial charge is 0.337 e. The predicted molar refractivity (Wildman–Crippen MR) is 105 cm³/mol. The van der Waals surface area contributed by atoms with Gasteiger partial charge in [0.1, 0.15) is 5.75 Å². The van der Waals surface area contributed by atoms with Crippen molar-refractivity contribution in [1.82, 2.24) is 0 Å². The van der Waals surface area contributed by atoms with Crippen molar-refractivity contribution in [3.05, 3.63) is 58.1 Å². The summed E-state index contributed by atoms with van der Waals surface area (Å²) in [6.07, 6.45) is 4.51. The highest BCUT2D eigenvalue weighted by molar-refractivity contribution is 9.10. The number of nitrogens with one attached hydrogen (secondary N) is 1. The predicted octanol–water partition coefficient (Wildman–Crippen LogP) is 5.36. The second-order valence-corrected chi connectivity index (χ2v) is 6.71. The number of hydrogen-bond donors (Lipinski definition) is 2. The zero-order valence-corrected chi connectivity index (χ0v) is 16.2. The Kier molecular flexibility index (Phi) is 7.66. The Hall–Kier alpha value is -2.34. The number of aromatic carboxylic acids is 1. The average molecular weight is 420 g/mol. The molecular weight excluding hydrogens is 398 g/mol. The highest BCUT2D eigenvalue weighted by Crippen LogP contribution is 2.27. The van der Waals surface area contributed by atoms with E-state index in [0.29, 0.717) is 22.4 Å². The summed E-state index contributed by atoms with van der Waals surface area (Å²) in [6, 6.07) is 11.4. The maximum absolute atomic E-state index is 12.4. The third kappa shape index (κ3) is 5.59. The van der Waals surface area contributed by atoms with Crippen molar-refractivity contribution in [3.63, 3.8) is 0 Å². The largest absolute Gasteiger partial charge is 0.492 e. The van der Waals surface area contributed by atoms with Crippen LogP contribution in [0.4, 0.5) is 5.69 Å². The Balaban J connectivity index is 2.02. The lowest BCUT2D eigenvalue weighted by atomic mass is 10.1. The fourth-order valence-electron chi connectivity index (χ4n) is 2.44. The standard InChI is InChI=1S/C20H22BrNO4/c1-2-3-4-7-12-26-18-11-10-14(13-16(18)21)19(23)22-17-9-6-5-8-15(17)20(24)25/h5-6,8-11,13H,2-4,7,12H2,1H3,(H,22,23)(H,24,25). The Morgan fingerprint density at radius 3 is 2.58 bits per heavy atom. The molecule has 0 unspecified atom stereocenters. The van der Waals surface area contributed by atoms with Crippen LogP contribution in [0.5, 0.6) is 5.75 Å². The molecule has 1 amide bonds. The SMILES string of the molecule is CCCCCCOc1ccc(C(=O)Nc2ccccc2C(=O)O)cc1Br. The molecule has 0 aliphatic rings. The van der Waals surface area contributed by atoms with E-state index in [1.165, 1.54) is 18.9 Å². The molecule has 2 aromatic rings. The van der Waals surface area contributed by atoms with Crippen molar-refractivity contribution in [1.29, 1.82) is 0 Å². The van der Waals surface area contributed by atoms with E-state index in [-0.39, 0.29) is 17.2 Å². The first-order chi connectivity index (χ1) is 12.5. The van der Waals surface area contributed by atoms with Gasteiger partial charge in [-0.1, -0.05) is 38.3 Å². The molecule has 0 saturated carbocycles. The van der Waals surface area contributed by atoms with E-state index in [2.05, 4.69) is 28.2 Å². The fraction of sp³-hybridized carbons (Fsp3) is 0.300. The maximum Gasteiger partial charge on any atom is 0.337 e. The lowest BCUT2D eigenvalue weighted by Gasteiger charge is -2.11. The number of rotatable bonds is 9. The van der Waals surface area contributed by atoms with Crippen LogP contribution in [0.1, 0.15) is 53.3 Å². The Morgan fingerprint density at radius 1 is 1.12 bits per heavy atom. The van der Waals surface area contributed by atoms with Crippen LogP contribution in [0.2, 0.25) is 0 Å². The third-order valence-electron chi connectivity index (χ3n) is 3.86. The minimum atomic E-state index is -1.09. The zero-order valence-electron chi connectivity index (χ0n) is 14.6. The quantitative estimate of drug-likeness (QED) is 0.536. The van der Waals surface area contributed by atoms with Gasteiger partial charge in [0.2, 0.25) is 0 Å². The van der Waals surface area contributed by atoms with E-state index in [1.807, 2.05) is 0 Å². The molecule has 0 aliphatic carbocycles. The van der Waals surface area contributed by atoms with Gasteiger partial charge in [-0.3, -0.25) is 4.79 Å². The first kappa shape index (κ1) is 20.0. The van der Waals surface area contributed by atoms with E-state index in [9.17, 15) is 14.7 Å². The number of halogens is 1. The minimum Gasteiger partial charge on any atom is -0.492 e. The van der Waals surface area contributed by atoms with Crippen molar-refractivity contribution in [2.75, 3.05) is 11.9 Å². The molecule has 0 aromatic heterocycles. The molecular formula is C20H22BrNO4. The molecule has 0 bridgehead atoms. The van der Waals surface area contributed by atoms with Crippen LogP contribution < -0.4 is 10.1 Å². The van der Waals surface area contributed by atoms with Crippen molar-refractivity contribution >= 4 is 33.5 Å². The van der Waals surface area contributed by atoms with Crippen molar-refractivity contribution in [3.8, 4) is 5.75 Å². The molecule has 2 aromatic carbocycles. The summed E-state index contributed by atoms with van der Waals surface area (Å²) >= 11 is 3.42. The number of amides is 1. The normalized spacial score (nSPS) is 10.4. The van der Waals surface area contributed by atoms with Gasteiger partial charge in [0.25, 0.3) is 5.91 Å². The maximum atomic E-state index is 12.4. The van der Waals surface area contributed by atoms with Gasteiger partial charge in [-0.2, -0.15) is 0 Å². The number of unbranched alkanes of at least 4 members (excludes halogenated alkanes) is 3. The minimum absolute atomic E-state index is 0.0481. The number of carbonyl (C=O) groups is 2. The highest BCUT2D eigenvalue weighted by Gasteiger charge is 2.14. The van der Waals surface area contributed by atoms with E-state index in [1.54, 1.807) is 36.4 Å².